The van der Waals surface area contributed by atoms with Crippen LogP contribution >= 0.6 is 0 Å². The van der Waals surface area contributed by atoms with Gasteiger partial charge in [0, 0.05) is 29.0 Å². The Balaban J connectivity index is 1.20. The van der Waals surface area contributed by atoms with Crippen molar-refractivity contribution in [3.63, 3.8) is 0 Å². The topological polar surface area (TPSA) is 116 Å². The highest BCUT2D eigenvalue weighted by molar-refractivity contribution is 5.93. The predicted molar refractivity (Wildman–Crippen MR) is 190 cm³/mol. The lowest BCUT2D eigenvalue weighted by Crippen LogP contribution is -2.36. The van der Waals surface area contributed by atoms with Gasteiger partial charge in [-0.1, -0.05) is 66.7 Å². The minimum Gasteiger partial charge on any atom is -0.489 e. The first kappa shape index (κ1) is 34.3. The first-order valence-electron chi connectivity index (χ1n) is 16.9. The third kappa shape index (κ3) is 8.34. The van der Waals surface area contributed by atoms with Gasteiger partial charge in [0.1, 0.15) is 23.5 Å². The summed E-state index contributed by atoms with van der Waals surface area (Å²) in [6.45, 7) is 7.87. The zero-order valence-electron chi connectivity index (χ0n) is 28.7. The summed E-state index contributed by atoms with van der Waals surface area (Å²) in [5, 5.41) is 6.68. The molecule has 1 fully saturated rings. The lowest BCUT2D eigenvalue weighted by Gasteiger charge is -2.21. The van der Waals surface area contributed by atoms with Crippen molar-refractivity contribution in [2.75, 3.05) is 6.61 Å². The highest BCUT2D eigenvalue weighted by Crippen LogP contribution is 2.48. The highest BCUT2D eigenvalue weighted by Gasteiger charge is 2.45. The third-order valence-electron chi connectivity index (χ3n) is 8.47. The maximum absolute atomic E-state index is 13.4. The molecule has 9 heteroatoms. The van der Waals surface area contributed by atoms with Gasteiger partial charge in [-0.3, -0.25) is 4.79 Å². The van der Waals surface area contributed by atoms with E-state index in [2.05, 4.69) is 10.6 Å². The van der Waals surface area contributed by atoms with Gasteiger partial charge in [-0.15, -0.1) is 0 Å². The Kier molecular flexibility index (Phi) is 10.2. The minimum absolute atomic E-state index is 0.125. The SMILES string of the molecule is CCOC(=O)C(NC(=O)C1CC1c1ccccc1)c1ccccc1OCc1cc(-c2cccc(CNC(=O)OC(C)(C)C)c2)c2occc2c1. The fraction of sp³-hybridized carbons (Fsp3) is 0.293. The first-order chi connectivity index (χ1) is 24.1. The van der Waals surface area contributed by atoms with Gasteiger partial charge < -0.3 is 29.3 Å². The second-order valence-electron chi connectivity index (χ2n) is 13.4. The Morgan fingerprint density at radius 2 is 1.68 bits per heavy atom. The van der Waals surface area contributed by atoms with Crippen molar-refractivity contribution in [2.24, 2.45) is 5.92 Å². The van der Waals surface area contributed by atoms with E-state index in [1.165, 1.54) is 0 Å². The summed E-state index contributed by atoms with van der Waals surface area (Å²) in [4.78, 5) is 38.9. The molecule has 0 saturated heterocycles. The van der Waals surface area contributed by atoms with Crippen molar-refractivity contribution in [2.45, 2.75) is 64.8 Å². The zero-order valence-corrected chi connectivity index (χ0v) is 28.7. The number of hydrogen-bond acceptors (Lipinski definition) is 7. The number of para-hydroxylation sites is 1. The molecular formula is C41H42N2O7. The second-order valence-corrected chi connectivity index (χ2v) is 13.4. The van der Waals surface area contributed by atoms with Gasteiger partial charge >= 0.3 is 12.1 Å². The molecule has 0 spiro atoms. The summed E-state index contributed by atoms with van der Waals surface area (Å²) in [6.07, 6.45) is 1.90. The third-order valence-corrected chi connectivity index (χ3v) is 8.47. The van der Waals surface area contributed by atoms with Crippen molar-refractivity contribution in [3.05, 3.63) is 126 Å². The molecule has 0 bridgehead atoms. The van der Waals surface area contributed by atoms with E-state index < -0.39 is 23.7 Å². The molecule has 5 aromatic rings. The van der Waals surface area contributed by atoms with E-state index in [0.717, 1.165) is 45.2 Å². The molecule has 0 aliphatic heterocycles. The first-order valence-corrected chi connectivity index (χ1v) is 16.9. The molecule has 1 aromatic heterocycles. The maximum Gasteiger partial charge on any atom is 0.407 e. The number of ether oxygens (including phenoxy) is 3. The van der Waals surface area contributed by atoms with Gasteiger partial charge in [-0.25, -0.2) is 9.59 Å². The predicted octanol–water partition coefficient (Wildman–Crippen LogP) is 8.23. The standard InChI is InChI=1S/C41H42N2O7/c1-5-47-39(45)36(43-38(44)34-23-32(34)28-13-7-6-8-14-28)31-16-9-10-17-35(31)49-25-27-21-30-18-19-48-37(30)33(22-27)29-15-11-12-26(20-29)24-42-40(46)50-41(2,3)4/h6-22,32,34,36H,5,23-25H2,1-4H3,(H,42,46)(H,43,44). The number of benzene rings is 4. The Morgan fingerprint density at radius 3 is 2.46 bits per heavy atom. The molecule has 1 aliphatic rings. The van der Waals surface area contributed by atoms with Gasteiger partial charge in [0.05, 0.1) is 12.9 Å². The van der Waals surface area contributed by atoms with Crippen LogP contribution in [0.15, 0.2) is 108 Å². The van der Waals surface area contributed by atoms with E-state index in [9.17, 15) is 14.4 Å². The number of alkyl carbamates (subject to hydrolysis) is 1. The van der Waals surface area contributed by atoms with Crippen LogP contribution in [0, 0.1) is 5.92 Å². The van der Waals surface area contributed by atoms with Crippen molar-refractivity contribution in [3.8, 4) is 16.9 Å². The van der Waals surface area contributed by atoms with E-state index in [-0.39, 0.29) is 31.0 Å². The van der Waals surface area contributed by atoms with Crippen LogP contribution in [0.5, 0.6) is 5.75 Å². The van der Waals surface area contributed by atoms with Crippen LogP contribution in [0.3, 0.4) is 0 Å². The summed E-state index contributed by atoms with van der Waals surface area (Å²) in [5.74, 6) is -0.360. The molecule has 6 rings (SSSR count). The summed E-state index contributed by atoms with van der Waals surface area (Å²) in [6, 6.07) is 29.9. The minimum atomic E-state index is -1.03. The van der Waals surface area contributed by atoms with Crippen LogP contribution in [-0.4, -0.2) is 30.2 Å². The number of carbonyl (C=O) groups is 3. The average Bonchev–Trinajstić information content (AvgIpc) is 3.77. The molecule has 1 saturated carbocycles. The van der Waals surface area contributed by atoms with Gasteiger partial charge in [0.15, 0.2) is 6.04 Å². The number of esters is 1. The second kappa shape index (κ2) is 14.9. The molecule has 1 aliphatic carbocycles. The van der Waals surface area contributed by atoms with Gasteiger partial charge in [0.2, 0.25) is 5.91 Å². The Labute approximate surface area is 291 Å². The van der Waals surface area contributed by atoms with E-state index in [1.54, 1.807) is 25.3 Å². The number of hydrogen-bond donors (Lipinski definition) is 2. The van der Waals surface area contributed by atoms with Crippen LogP contribution in [0.4, 0.5) is 4.79 Å². The van der Waals surface area contributed by atoms with Crippen LogP contribution in [0.25, 0.3) is 22.1 Å². The maximum atomic E-state index is 13.4. The fourth-order valence-electron chi connectivity index (χ4n) is 6.08. The lowest BCUT2D eigenvalue weighted by atomic mass is 9.99. The molecule has 9 nitrogen and oxygen atoms in total. The normalized spacial score (nSPS) is 15.9. The van der Waals surface area contributed by atoms with Crippen LogP contribution in [0.2, 0.25) is 0 Å². The zero-order chi connectivity index (χ0) is 35.3. The fourth-order valence-corrected chi connectivity index (χ4v) is 6.08. The molecule has 258 valence electrons. The van der Waals surface area contributed by atoms with Gasteiger partial charge in [-0.2, -0.15) is 0 Å². The van der Waals surface area contributed by atoms with Crippen molar-refractivity contribution in [1.82, 2.24) is 10.6 Å². The highest BCUT2D eigenvalue weighted by atomic mass is 16.6. The van der Waals surface area contributed by atoms with Crippen LogP contribution in [0.1, 0.15) is 68.3 Å². The van der Waals surface area contributed by atoms with Gasteiger partial charge in [0.25, 0.3) is 0 Å². The summed E-state index contributed by atoms with van der Waals surface area (Å²) >= 11 is 0. The Hall–Kier alpha value is -5.57. The number of carbonyl (C=O) groups excluding carboxylic acids is 3. The summed E-state index contributed by atoms with van der Waals surface area (Å²) in [7, 11) is 0. The largest absolute Gasteiger partial charge is 0.489 e. The molecule has 50 heavy (non-hydrogen) atoms. The van der Waals surface area contributed by atoms with E-state index in [1.807, 2.05) is 106 Å². The number of furan rings is 1. The number of fused-ring (bicyclic) bond motifs is 1. The van der Waals surface area contributed by atoms with Gasteiger partial charge in [-0.05, 0) is 92.6 Å². The Morgan fingerprint density at radius 1 is 0.900 bits per heavy atom. The van der Waals surface area contributed by atoms with Crippen LogP contribution in [-0.2, 0) is 32.2 Å². The molecule has 1 heterocycles. The van der Waals surface area contributed by atoms with Crippen molar-refractivity contribution >= 4 is 28.9 Å². The van der Waals surface area contributed by atoms with E-state index in [4.69, 9.17) is 18.6 Å². The molecular weight excluding hydrogens is 632 g/mol. The molecule has 3 atom stereocenters. The summed E-state index contributed by atoms with van der Waals surface area (Å²) in [5.41, 5.74) is 5.33. The average molecular weight is 675 g/mol. The number of rotatable bonds is 12. The van der Waals surface area contributed by atoms with Crippen molar-refractivity contribution in [1.29, 1.82) is 0 Å². The number of nitrogens with one attached hydrogen (secondary N) is 2. The van der Waals surface area contributed by atoms with E-state index in [0.29, 0.717) is 17.9 Å². The quantitative estimate of drug-likeness (QED) is 0.128. The molecule has 2 amide bonds. The van der Waals surface area contributed by atoms with Crippen LogP contribution < -0.4 is 15.4 Å². The number of amides is 2. The molecule has 3 unspecified atom stereocenters. The molecule has 0 radical (unpaired) electrons. The molecule has 2 N–H and O–H groups in total. The summed E-state index contributed by atoms with van der Waals surface area (Å²) < 4.78 is 23.0. The Bertz CT molecular complexity index is 1980. The van der Waals surface area contributed by atoms with Crippen molar-refractivity contribution < 1.29 is 33.0 Å². The smallest absolute Gasteiger partial charge is 0.407 e. The van der Waals surface area contributed by atoms with E-state index >= 15 is 0 Å². The molecule has 4 aromatic carbocycles. The monoisotopic (exact) mass is 674 g/mol. The lowest BCUT2D eigenvalue weighted by molar-refractivity contribution is -0.147.